The molecule has 2 rings (SSSR count). The normalized spacial score (nSPS) is 21.3. The summed E-state index contributed by atoms with van der Waals surface area (Å²) in [5.41, 5.74) is 2.51. The van der Waals surface area contributed by atoms with E-state index in [1.165, 1.54) is 28.6 Å². The topological polar surface area (TPSA) is 24.1 Å². The first-order valence-electron chi connectivity index (χ1n) is 5.49. The van der Waals surface area contributed by atoms with Gasteiger partial charge in [0, 0.05) is 22.7 Å². The molecule has 82 valence electrons. The van der Waals surface area contributed by atoms with E-state index >= 15 is 0 Å². The molecule has 0 bridgehead atoms. The van der Waals surface area contributed by atoms with Crippen LogP contribution in [0, 0.1) is 6.92 Å². The van der Waals surface area contributed by atoms with Gasteiger partial charge in [-0.3, -0.25) is 0 Å². The fourth-order valence-corrected chi connectivity index (χ4v) is 2.19. The van der Waals surface area contributed by atoms with E-state index in [1.807, 2.05) is 0 Å². The van der Waals surface area contributed by atoms with Crippen molar-refractivity contribution in [3.63, 3.8) is 0 Å². The molecule has 1 aliphatic heterocycles. The van der Waals surface area contributed by atoms with Gasteiger partial charge in [0.05, 0.1) is 0 Å². The van der Waals surface area contributed by atoms with Crippen LogP contribution in [0.1, 0.15) is 18.4 Å². The number of piperidine rings is 1. The first-order valence-corrected chi connectivity index (χ1v) is 6.28. The maximum Gasteiger partial charge on any atom is 0.0386 e. The number of hydrogen-bond donors (Lipinski definition) is 2. The van der Waals surface area contributed by atoms with Gasteiger partial charge in [0.15, 0.2) is 0 Å². The van der Waals surface area contributed by atoms with E-state index in [4.69, 9.17) is 0 Å². The van der Waals surface area contributed by atoms with Gasteiger partial charge >= 0.3 is 0 Å². The minimum absolute atomic E-state index is 0.583. The van der Waals surface area contributed by atoms with Gasteiger partial charge in [-0.25, -0.2) is 0 Å². The minimum atomic E-state index is 0.583. The highest BCUT2D eigenvalue weighted by molar-refractivity contribution is 9.10. The Morgan fingerprint density at radius 3 is 3.00 bits per heavy atom. The summed E-state index contributed by atoms with van der Waals surface area (Å²) < 4.78 is 1.18. The van der Waals surface area contributed by atoms with E-state index in [0.717, 1.165) is 13.1 Å². The first kappa shape index (κ1) is 11.0. The monoisotopic (exact) mass is 268 g/mol. The molecule has 0 amide bonds. The fourth-order valence-electron chi connectivity index (χ4n) is 1.95. The lowest BCUT2D eigenvalue weighted by molar-refractivity contribution is 0.480. The predicted molar refractivity (Wildman–Crippen MR) is 68.4 cm³/mol. The number of rotatable bonds is 2. The SMILES string of the molecule is Cc1cc(NC2CCCNC2)ccc1Br. The second kappa shape index (κ2) is 4.99. The molecule has 1 fully saturated rings. The maximum atomic E-state index is 3.57. The van der Waals surface area contributed by atoms with Gasteiger partial charge in [-0.2, -0.15) is 0 Å². The molecule has 2 nitrogen and oxygen atoms in total. The summed E-state index contributed by atoms with van der Waals surface area (Å²) in [5, 5.41) is 6.97. The number of hydrogen-bond acceptors (Lipinski definition) is 2. The molecule has 1 saturated heterocycles. The highest BCUT2D eigenvalue weighted by Crippen LogP contribution is 2.21. The van der Waals surface area contributed by atoms with Crippen molar-refractivity contribution >= 4 is 21.6 Å². The second-order valence-electron chi connectivity index (χ2n) is 4.15. The van der Waals surface area contributed by atoms with E-state index in [-0.39, 0.29) is 0 Å². The molecule has 1 aromatic rings. The Hall–Kier alpha value is -0.540. The molecule has 1 unspecified atom stereocenters. The van der Waals surface area contributed by atoms with E-state index < -0.39 is 0 Å². The van der Waals surface area contributed by atoms with Crippen LogP contribution in [0.15, 0.2) is 22.7 Å². The van der Waals surface area contributed by atoms with E-state index in [9.17, 15) is 0 Å². The maximum absolute atomic E-state index is 3.57. The molecule has 0 aromatic heterocycles. The molecule has 1 atom stereocenters. The molecule has 1 heterocycles. The van der Waals surface area contributed by atoms with Crippen molar-refractivity contribution in [2.24, 2.45) is 0 Å². The van der Waals surface area contributed by atoms with Crippen LogP contribution in [0.3, 0.4) is 0 Å². The van der Waals surface area contributed by atoms with Crippen LogP contribution in [0.2, 0.25) is 0 Å². The molecular formula is C12H17BrN2. The van der Waals surface area contributed by atoms with Crippen LogP contribution >= 0.6 is 15.9 Å². The lowest BCUT2D eigenvalue weighted by Gasteiger charge is -2.25. The van der Waals surface area contributed by atoms with Crippen molar-refractivity contribution in [2.45, 2.75) is 25.8 Å². The highest BCUT2D eigenvalue weighted by atomic mass is 79.9. The summed E-state index contributed by atoms with van der Waals surface area (Å²) in [7, 11) is 0. The Bertz CT molecular complexity index is 332. The summed E-state index contributed by atoms with van der Waals surface area (Å²) >= 11 is 3.51. The van der Waals surface area contributed by atoms with E-state index in [2.05, 4.69) is 51.7 Å². The molecular weight excluding hydrogens is 252 g/mol. The van der Waals surface area contributed by atoms with Crippen LogP contribution < -0.4 is 10.6 Å². The Morgan fingerprint density at radius 1 is 1.47 bits per heavy atom. The average Bonchev–Trinajstić information content (AvgIpc) is 2.25. The molecule has 3 heteroatoms. The Labute approximate surface area is 99.6 Å². The lowest BCUT2D eigenvalue weighted by atomic mass is 10.1. The lowest BCUT2D eigenvalue weighted by Crippen LogP contribution is -2.38. The summed E-state index contributed by atoms with van der Waals surface area (Å²) in [5.74, 6) is 0. The zero-order valence-electron chi connectivity index (χ0n) is 9.02. The Kier molecular flexibility index (Phi) is 3.65. The number of aryl methyl sites for hydroxylation is 1. The second-order valence-corrected chi connectivity index (χ2v) is 5.01. The molecule has 0 spiro atoms. The zero-order valence-corrected chi connectivity index (χ0v) is 10.6. The molecule has 0 radical (unpaired) electrons. The van der Waals surface area contributed by atoms with Crippen molar-refractivity contribution in [2.75, 3.05) is 18.4 Å². The zero-order chi connectivity index (χ0) is 10.7. The summed E-state index contributed by atoms with van der Waals surface area (Å²) in [6.45, 7) is 4.36. The summed E-state index contributed by atoms with van der Waals surface area (Å²) in [6, 6.07) is 7.01. The average molecular weight is 269 g/mol. The van der Waals surface area contributed by atoms with Gasteiger partial charge in [-0.15, -0.1) is 0 Å². The number of nitrogens with one attached hydrogen (secondary N) is 2. The molecule has 1 aromatic carbocycles. The van der Waals surface area contributed by atoms with Crippen LogP contribution in [-0.2, 0) is 0 Å². The smallest absolute Gasteiger partial charge is 0.0386 e. The Balaban J connectivity index is 2.00. The van der Waals surface area contributed by atoms with Crippen LogP contribution in [-0.4, -0.2) is 19.1 Å². The third-order valence-electron chi connectivity index (χ3n) is 2.83. The van der Waals surface area contributed by atoms with E-state index in [0.29, 0.717) is 6.04 Å². The molecule has 15 heavy (non-hydrogen) atoms. The van der Waals surface area contributed by atoms with E-state index in [1.54, 1.807) is 0 Å². The molecule has 0 saturated carbocycles. The van der Waals surface area contributed by atoms with Crippen molar-refractivity contribution in [1.82, 2.24) is 5.32 Å². The third kappa shape index (κ3) is 2.95. The molecule has 2 N–H and O–H groups in total. The number of anilines is 1. The number of halogens is 1. The molecule has 0 aliphatic carbocycles. The fraction of sp³-hybridized carbons (Fsp3) is 0.500. The van der Waals surface area contributed by atoms with Gasteiger partial charge in [0.1, 0.15) is 0 Å². The first-order chi connectivity index (χ1) is 7.25. The number of benzene rings is 1. The quantitative estimate of drug-likeness (QED) is 0.862. The van der Waals surface area contributed by atoms with Crippen molar-refractivity contribution in [1.29, 1.82) is 0 Å². The van der Waals surface area contributed by atoms with Crippen molar-refractivity contribution < 1.29 is 0 Å². The van der Waals surface area contributed by atoms with Gasteiger partial charge < -0.3 is 10.6 Å². The largest absolute Gasteiger partial charge is 0.381 e. The van der Waals surface area contributed by atoms with Gasteiger partial charge in [0.25, 0.3) is 0 Å². The van der Waals surface area contributed by atoms with Crippen molar-refractivity contribution in [3.05, 3.63) is 28.2 Å². The highest BCUT2D eigenvalue weighted by Gasteiger charge is 2.12. The minimum Gasteiger partial charge on any atom is -0.381 e. The Morgan fingerprint density at radius 2 is 2.33 bits per heavy atom. The summed E-state index contributed by atoms with van der Waals surface area (Å²) in [6.07, 6.45) is 2.54. The standard InChI is InChI=1S/C12H17BrN2/c1-9-7-10(4-5-12(9)13)15-11-3-2-6-14-8-11/h4-5,7,11,14-15H,2-3,6,8H2,1H3. The van der Waals surface area contributed by atoms with Gasteiger partial charge in [-0.05, 0) is 50.1 Å². The third-order valence-corrected chi connectivity index (χ3v) is 3.72. The van der Waals surface area contributed by atoms with Gasteiger partial charge in [-0.1, -0.05) is 15.9 Å². The van der Waals surface area contributed by atoms with Crippen LogP contribution in [0.25, 0.3) is 0 Å². The van der Waals surface area contributed by atoms with Crippen LogP contribution in [0.4, 0.5) is 5.69 Å². The van der Waals surface area contributed by atoms with Crippen molar-refractivity contribution in [3.8, 4) is 0 Å². The predicted octanol–water partition coefficient (Wildman–Crippen LogP) is 2.92. The van der Waals surface area contributed by atoms with Gasteiger partial charge in [0.2, 0.25) is 0 Å². The summed E-state index contributed by atoms with van der Waals surface area (Å²) in [4.78, 5) is 0. The molecule has 1 aliphatic rings. The van der Waals surface area contributed by atoms with Crippen LogP contribution in [0.5, 0.6) is 0 Å².